The summed E-state index contributed by atoms with van der Waals surface area (Å²) in [5.41, 5.74) is 0. The molecule has 1 heterocycles. The fraction of sp³-hybridized carbons (Fsp3) is 0.923. The van der Waals surface area contributed by atoms with Crippen LogP contribution in [0.25, 0.3) is 0 Å². The first kappa shape index (κ1) is 19.6. The van der Waals surface area contributed by atoms with E-state index in [9.17, 15) is 15.0 Å². The van der Waals surface area contributed by atoms with E-state index in [2.05, 4.69) is 5.32 Å². The molecule has 1 rings (SSSR count). The van der Waals surface area contributed by atoms with Crippen LogP contribution < -0.4 is 5.32 Å². The molecule has 0 spiro atoms. The first-order valence-electron chi connectivity index (χ1n) is 7.29. The minimum absolute atomic E-state index is 0.115. The van der Waals surface area contributed by atoms with E-state index < -0.39 is 36.9 Å². The van der Waals surface area contributed by atoms with Crippen LogP contribution >= 0.6 is 11.8 Å². The van der Waals surface area contributed by atoms with Crippen molar-refractivity contribution in [3.05, 3.63) is 0 Å². The molecule has 22 heavy (non-hydrogen) atoms. The number of carbonyl (C=O) groups is 1. The van der Waals surface area contributed by atoms with Gasteiger partial charge in [-0.2, -0.15) is 0 Å². The molecule has 0 amide bonds. The standard InChI is InChI=1S/C13H25NO7S/c15-5-9(16)12(18)10(17)6-21-4-2-1-3-11-14-8(7-22-11)13(19)20/h8-12,14-18H,1-7H2,(H,19,20)/t8?,9-,10-,11?,12+/m1/s1. The van der Waals surface area contributed by atoms with Crippen LogP contribution in [0, 0.1) is 0 Å². The summed E-state index contributed by atoms with van der Waals surface area (Å²) in [7, 11) is 0. The van der Waals surface area contributed by atoms with Crippen molar-refractivity contribution in [3.63, 3.8) is 0 Å². The summed E-state index contributed by atoms with van der Waals surface area (Å²) < 4.78 is 5.21. The van der Waals surface area contributed by atoms with Gasteiger partial charge in [-0.1, -0.05) is 0 Å². The van der Waals surface area contributed by atoms with Crippen molar-refractivity contribution >= 4 is 17.7 Å². The summed E-state index contributed by atoms with van der Waals surface area (Å²) >= 11 is 1.60. The number of carboxylic acid groups (broad SMARTS) is 1. The number of aliphatic hydroxyl groups is 4. The maximum absolute atomic E-state index is 10.8. The molecular weight excluding hydrogens is 314 g/mol. The van der Waals surface area contributed by atoms with Gasteiger partial charge in [0.2, 0.25) is 0 Å². The van der Waals surface area contributed by atoms with E-state index in [0.717, 1.165) is 19.3 Å². The zero-order valence-electron chi connectivity index (χ0n) is 12.3. The largest absolute Gasteiger partial charge is 0.480 e. The Balaban J connectivity index is 2.01. The van der Waals surface area contributed by atoms with Crippen LogP contribution in [-0.2, 0) is 9.53 Å². The predicted octanol–water partition coefficient (Wildman–Crippen LogP) is -1.64. The molecule has 0 bridgehead atoms. The quantitative estimate of drug-likeness (QED) is 0.245. The molecule has 5 atom stereocenters. The zero-order valence-corrected chi connectivity index (χ0v) is 13.1. The number of nitrogens with one attached hydrogen (secondary N) is 1. The van der Waals surface area contributed by atoms with Crippen molar-refractivity contribution in [2.75, 3.05) is 25.6 Å². The van der Waals surface area contributed by atoms with E-state index in [1.165, 1.54) is 0 Å². The molecule has 0 aromatic rings. The number of aliphatic hydroxyl groups excluding tert-OH is 4. The first-order chi connectivity index (χ1) is 10.5. The average Bonchev–Trinajstić information content (AvgIpc) is 2.98. The van der Waals surface area contributed by atoms with Crippen LogP contribution in [0.5, 0.6) is 0 Å². The second-order valence-corrected chi connectivity index (χ2v) is 6.49. The molecule has 0 saturated carbocycles. The third kappa shape index (κ3) is 6.78. The average molecular weight is 339 g/mol. The maximum atomic E-state index is 10.8. The van der Waals surface area contributed by atoms with Crippen molar-refractivity contribution in [2.45, 2.75) is 49.0 Å². The van der Waals surface area contributed by atoms with Crippen LogP contribution in [0.4, 0.5) is 0 Å². The van der Waals surface area contributed by atoms with Gasteiger partial charge < -0.3 is 30.3 Å². The van der Waals surface area contributed by atoms with Crippen LogP contribution in [-0.4, -0.2) is 86.8 Å². The topological polar surface area (TPSA) is 139 Å². The van der Waals surface area contributed by atoms with Gasteiger partial charge in [0, 0.05) is 12.4 Å². The molecule has 1 aliphatic heterocycles. The first-order valence-corrected chi connectivity index (χ1v) is 8.33. The lowest BCUT2D eigenvalue weighted by molar-refractivity contribution is -0.138. The Kier molecular flexibility index (Phi) is 9.25. The molecule has 1 fully saturated rings. The molecule has 0 aromatic carbocycles. The summed E-state index contributed by atoms with van der Waals surface area (Å²) in [6.07, 6.45) is -1.61. The zero-order chi connectivity index (χ0) is 16.5. The molecule has 2 unspecified atom stereocenters. The SMILES string of the molecule is O=C(O)C1CSC(CCCCOC[C@@H](O)[C@@H](O)[C@H](O)CO)N1. The highest BCUT2D eigenvalue weighted by molar-refractivity contribution is 8.00. The third-order valence-electron chi connectivity index (χ3n) is 3.42. The Morgan fingerprint density at radius 3 is 2.59 bits per heavy atom. The van der Waals surface area contributed by atoms with Crippen molar-refractivity contribution in [2.24, 2.45) is 0 Å². The molecule has 1 aliphatic rings. The number of aliphatic carboxylic acids is 1. The van der Waals surface area contributed by atoms with Gasteiger partial charge in [0.1, 0.15) is 24.4 Å². The molecule has 0 aromatic heterocycles. The number of rotatable bonds is 11. The molecule has 130 valence electrons. The van der Waals surface area contributed by atoms with Crippen LogP contribution in [0.2, 0.25) is 0 Å². The Bertz CT molecular complexity index is 334. The maximum Gasteiger partial charge on any atom is 0.321 e. The van der Waals surface area contributed by atoms with Crippen molar-refractivity contribution < 1.29 is 35.1 Å². The smallest absolute Gasteiger partial charge is 0.321 e. The van der Waals surface area contributed by atoms with E-state index in [1.807, 2.05) is 0 Å². The van der Waals surface area contributed by atoms with E-state index in [1.54, 1.807) is 11.8 Å². The summed E-state index contributed by atoms with van der Waals surface area (Å²) in [5, 5.41) is 48.7. The molecule has 0 radical (unpaired) electrons. The highest BCUT2D eigenvalue weighted by Gasteiger charge is 2.28. The molecule has 9 heteroatoms. The molecule has 1 saturated heterocycles. The Hall–Kier alpha value is -0.420. The van der Waals surface area contributed by atoms with Gasteiger partial charge in [-0.05, 0) is 19.3 Å². The minimum Gasteiger partial charge on any atom is -0.480 e. The van der Waals surface area contributed by atoms with Gasteiger partial charge in [-0.15, -0.1) is 11.8 Å². The van der Waals surface area contributed by atoms with Crippen molar-refractivity contribution in [1.82, 2.24) is 5.32 Å². The van der Waals surface area contributed by atoms with Gasteiger partial charge in [-0.25, -0.2) is 0 Å². The van der Waals surface area contributed by atoms with Gasteiger partial charge in [0.25, 0.3) is 0 Å². The van der Waals surface area contributed by atoms with Crippen molar-refractivity contribution in [1.29, 1.82) is 0 Å². The van der Waals surface area contributed by atoms with E-state index in [0.29, 0.717) is 12.4 Å². The summed E-state index contributed by atoms with van der Waals surface area (Å²) in [4.78, 5) is 10.8. The van der Waals surface area contributed by atoms with Crippen molar-refractivity contribution in [3.8, 4) is 0 Å². The Morgan fingerprint density at radius 1 is 1.27 bits per heavy atom. The van der Waals surface area contributed by atoms with Crippen LogP contribution in [0.1, 0.15) is 19.3 Å². The summed E-state index contributed by atoms with van der Waals surface area (Å²) in [5.74, 6) is -0.246. The number of carboxylic acids is 1. The lowest BCUT2D eigenvalue weighted by Crippen LogP contribution is -2.41. The monoisotopic (exact) mass is 339 g/mol. The lowest BCUT2D eigenvalue weighted by Gasteiger charge is -2.21. The third-order valence-corrected chi connectivity index (χ3v) is 4.72. The molecule has 6 N–H and O–H groups in total. The highest BCUT2D eigenvalue weighted by atomic mass is 32.2. The minimum atomic E-state index is -1.43. The number of hydrogen-bond donors (Lipinski definition) is 6. The number of hydrogen-bond acceptors (Lipinski definition) is 8. The van der Waals surface area contributed by atoms with E-state index in [4.69, 9.17) is 20.1 Å². The van der Waals surface area contributed by atoms with Gasteiger partial charge in [-0.3, -0.25) is 10.1 Å². The second kappa shape index (κ2) is 10.4. The number of thioether (sulfide) groups is 1. The fourth-order valence-corrected chi connectivity index (χ4v) is 3.30. The highest BCUT2D eigenvalue weighted by Crippen LogP contribution is 2.23. The van der Waals surface area contributed by atoms with E-state index >= 15 is 0 Å². The fourth-order valence-electron chi connectivity index (χ4n) is 2.04. The number of ether oxygens (including phenoxy) is 1. The number of unbranched alkanes of at least 4 members (excludes halogenated alkanes) is 1. The van der Waals surface area contributed by atoms with Gasteiger partial charge in [0.15, 0.2) is 0 Å². The Morgan fingerprint density at radius 2 is 2.00 bits per heavy atom. The van der Waals surface area contributed by atoms with Crippen LogP contribution in [0.15, 0.2) is 0 Å². The normalized spacial score (nSPS) is 25.8. The second-order valence-electron chi connectivity index (χ2n) is 5.26. The summed E-state index contributed by atoms with van der Waals surface area (Å²) in [6.45, 7) is -0.337. The predicted molar refractivity (Wildman–Crippen MR) is 80.6 cm³/mol. The van der Waals surface area contributed by atoms with Gasteiger partial charge >= 0.3 is 5.97 Å². The Labute approximate surface area is 133 Å². The van der Waals surface area contributed by atoms with E-state index in [-0.39, 0.29) is 12.0 Å². The van der Waals surface area contributed by atoms with Crippen LogP contribution in [0.3, 0.4) is 0 Å². The molecule has 8 nitrogen and oxygen atoms in total. The summed E-state index contributed by atoms with van der Waals surface area (Å²) in [6, 6.07) is -0.471. The molecule has 0 aliphatic carbocycles. The van der Waals surface area contributed by atoms with Gasteiger partial charge in [0.05, 0.1) is 18.6 Å². The lowest BCUT2D eigenvalue weighted by atomic mass is 10.1. The molecular formula is C13H25NO7S.